The minimum atomic E-state index is -1.36. The lowest BCUT2D eigenvalue weighted by Crippen LogP contribution is -2.42. The number of aliphatic carboxylic acids is 1. The Hall–Kier alpha value is -4.66. The van der Waals surface area contributed by atoms with Crippen LogP contribution in [0, 0.1) is 0 Å². The number of oxime groups is 1. The molecule has 3 N–H and O–H groups in total. The highest BCUT2D eigenvalue weighted by Crippen LogP contribution is 2.43. The molecule has 0 spiro atoms. The first-order valence-electron chi connectivity index (χ1n) is 11.9. The van der Waals surface area contributed by atoms with E-state index in [1.165, 1.54) is 12.1 Å². The molecule has 4 rings (SSSR count). The summed E-state index contributed by atoms with van der Waals surface area (Å²) >= 11 is 0. The van der Waals surface area contributed by atoms with Gasteiger partial charge in [0.05, 0.1) is 18.6 Å². The summed E-state index contributed by atoms with van der Waals surface area (Å²) < 4.78 is 0. The van der Waals surface area contributed by atoms with E-state index in [0.717, 1.165) is 24.0 Å². The molecule has 1 unspecified atom stereocenters. The van der Waals surface area contributed by atoms with Crippen LogP contribution in [0.25, 0.3) is 0 Å². The highest BCUT2D eigenvalue weighted by Gasteiger charge is 2.38. The zero-order valence-electron chi connectivity index (χ0n) is 20.1. The molecule has 3 aromatic rings. The number of nitrogens with one attached hydrogen (secondary N) is 2. The van der Waals surface area contributed by atoms with Crippen molar-refractivity contribution in [3.8, 4) is 0 Å². The number of carboxylic acids is 1. The van der Waals surface area contributed by atoms with Crippen LogP contribution in [0.5, 0.6) is 0 Å². The first-order chi connectivity index (χ1) is 18.0. The standard InChI is InChI=1S/C28H28N4O5/c1-29-37-26(27(34)35)21-13-8-14-22(17-21)31-28(36)30-18-25(33)32-23(19-9-4-2-5-10-19)15-16-24(32)20-11-6-3-7-12-20/h2-14,17,23-24,26H,1,15-16,18H2,(H,34,35)(H2,30,31,36)/t23-,24+,26?. The molecule has 0 aromatic heterocycles. The van der Waals surface area contributed by atoms with Crippen LogP contribution in [0.3, 0.4) is 0 Å². The smallest absolute Gasteiger partial charge is 0.352 e. The fourth-order valence-electron chi connectivity index (χ4n) is 4.69. The quantitative estimate of drug-likeness (QED) is 0.291. The van der Waals surface area contributed by atoms with Crippen molar-refractivity contribution in [2.75, 3.05) is 11.9 Å². The van der Waals surface area contributed by atoms with Crippen molar-refractivity contribution in [2.24, 2.45) is 5.16 Å². The van der Waals surface area contributed by atoms with Crippen molar-refractivity contribution in [1.82, 2.24) is 10.2 Å². The Morgan fingerprint density at radius 2 is 1.54 bits per heavy atom. The normalized spacial score (nSPS) is 17.5. The van der Waals surface area contributed by atoms with E-state index in [4.69, 9.17) is 4.84 Å². The first kappa shape index (κ1) is 25.4. The summed E-state index contributed by atoms with van der Waals surface area (Å²) in [5, 5.41) is 17.8. The number of rotatable bonds is 9. The number of hydrogen-bond donors (Lipinski definition) is 3. The zero-order chi connectivity index (χ0) is 26.2. The molecule has 9 nitrogen and oxygen atoms in total. The van der Waals surface area contributed by atoms with Crippen LogP contribution in [-0.2, 0) is 14.4 Å². The van der Waals surface area contributed by atoms with Crippen LogP contribution in [0.1, 0.15) is 47.7 Å². The summed E-state index contributed by atoms with van der Waals surface area (Å²) in [6.07, 6.45) is 0.283. The van der Waals surface area contributed by atoms with Crippen molar-refractivity contribution in [3.05, 3.63) is 102 Å². The van der Waals surface area contributed by atoms with Crippen LogP contribution in [-0.4, -0.2) is 41.2 Å². The fourth-order valence-corrected chi connectivity index (χ4v) is 4.69. The molecule has 3 atom stereocenters. The van der Waals surface area contributed by atoms with Gasteiger partial charge in [-0.3, -0.25) is 4.79 Å². The molecule has 9 heteroatoms. The van der Waals surface area contributed by atoms with Gasteiger partial charge in [0, 0.05) is 18.0 Å². The lowest BCUT2D eigenvalue weighted by Gasteiger charge is -2.31. The lowest BCUT2D eigenvalue weighted by molar-refractivity contribution is -0.150. The Balaban J connectivity index is 1.45. The van der Waals surface area contributed by atoms with E-state index in [-0.39, 0.29) is 30.1 Å². The van der Waals surface area contributed by atoms with Crippen molar-refractivity contribution < 1.29 is 24.3 Å². The van der Waals surface area contributed by atoms with Gasteiger partial charge in [0.2, 0.25) is 12.0 Å². The molecule has 190 valence electrons. The second-order valence-corrected chi connectivity index (χ2v) is 8.62. The molecule has 0 saturated carbocycles. The Kier molecular flexibility index (Phi) is 8.15. The minimum Gasteiger partial charge on any atom is -0.478 e. The van der Waals surface area contributed by atoms with Gasteiger partial charge in [0.25, 0.3) is 0 Å². The number of benzene rings is 3. The zero-order valence-corrected chi connectivity index (χ0v) is 20.1. The number of nitrogens with zero attached hydrogens (tertiary/aromatic N) is 2. The third-order valence-corrected chi connectivity index (χ3v) is 6.29. The summed E-state index contributed by atoms with van der Waals surface area (Å²) in [4.78, 5) is 44.2. The van der Waals surface area contributed by atoms with Gasteiger partial charge in [0.1, 0.15) is 0 Å². The van der Waals surface area contributed by atoms with Gasteiger partial charge in [0.15, 0.2) is 0 Å². The molecule has 1 aliphatic rings. The van der Waals surface area contributed by atoms with Crippen molar-refractivity contribution >= 4 is 30.3 Å². The van der Waals surface area contributed by atoms with Gasteiger partial charge in [-0.25, -0.2) is 9.59 Å². The average molecular weight is 501 g/mol. The van der Waals surface area contributed by atoms with E-state index in [2.05, 4.69) is 22.5 Å². The third kappa shape index (κ3) is 6.13. The Bertz CT molecular complexity index is 1200. The molecule has 0 aliphatic carbocycles. The van der Waals surface area contributed by atoms with Crippen LogP contribution in [0.4, 0.5) is 10.5 Å². The van der Waals surface area contributed by atoms with E-state index in [1.54, 1.807) is 12.1 Å². The highest BCUT2D eigenvalue weighted by atomic mass is 16.6. The first-order valence-corrected chi connectivity index (χ1v) is 11.9. The lowest BCUT2D eigenvalue weighted by atomic mass is 10.0. The van der Waals surface area contributed by atoms with Gasteiger partial charge in [-0.2, -0.15) is 0 Å². The average Bonchev–Trinajstić information content (AvgIpc) is 3.37. The number of likely N-dealkylation sites (tertiary alicyclic amines) is 1. The molecule has 3 amide bonds. The van der Waals surface area contributed by atoms with E-state index in [0.29, 0.717) is 5.69 Å². The van der Waals surface area contributed by atoms with E-state index >= 15 is 0 Å². The number of carboxylic acid groups (broad SMARTS) is 1. The molecule has 1 saturated heterocycles. The highest BCUT2D eigenvalue weighted by molar-refractivity contribution is 5.92. The minimum absolute atomic E-state index is 0.0909. The maximum Gasteiger partial charge on any atom is 0.352 e. The van der Waals surface area contributed by atoms with Gasteiger partial charge < -0.3 is 25.5 Å². The number of amides is 3. The summed E-state index contributed by atoms with van der Waals surface area (Å²) in [5.74, 6) is -1.44. The Morgan fingerprint density at radius 3 is 2.08 bits per heavy atom. The van der Waals surface area contributed by atoms with Gasteiger partial charge in [-0.05, 0) is 36.1 Å². The Labute approximate surface area is 214 Å². The largest absolute Gasteiger partial charge is 0.478 e. The predicted molar refractivity (Wildman–Crippen MR) is 139 cm³/mol. The van der Waals surface area contributed by atoms with Crippen LogP contribution < -0.4 is 10.6 Å². The molecular weight excluding hydrogens is 472 g/mol. The van der Waals surface area contributed by atoms with Crippen molar-refractivity contribution in [3.63, 3.8) is 0 Å². The van der Waals surface area contributed by atoms with Crippen LogP contribution in [0.2, 0.25) is 0 Å². The van der Waals surface area contributed by atoms with Crippen LogP contribution >= 0.6 is 0 Å². The van der Waals surface area contributed by atoms with Crippen molar-refractivity contribution in [1.29, 1.82) is 0 Å². The summed E-state index contributed by atoms with van der Waals surface area (Å²) in [6.45, 7) is 2.96. The molecule has 1 heterocycles. The van der Waals surface area contributed by atoms with Crippen molar-refractivity contribution in [2.45, 2.75) is 31.0 Å². The van der Waals surface area contributed by atoms with E-state index in [9.17, 15) is 19.5 Å². The number of carbonyl (C=O) groups is 3. The van der Waals surface area contributed by atoms with Gasteiger partial charge >= 0.3 is 12.0 Å². The van der Waals surface area contributed by atoms with E-state index in [1.807, 2.05) is 65.6 Å². The topological polar surface area (TPSA) is 120 Å². The monoisotopic (exact) mass is 500 g/mol. The van der Waals surface area contributed by atoms with Gasteiger partial charge in [-0.1, -0.05) is 72.8 Å². The number of hydrogen-bond acceptors (Lipinski definition) is 5. The Morgan fingerprint density at radius 1 is 0.946 bits per heavy atom. The molecule has 0 radical (unpaired) electrons. The second kappa shape index (κ2) is 11.9. The molecule has 0 bridgehead atoms. The maximum atomic E-state index is 13.4. The molecule has 37 heavy (non-hydrogen) atoms. The SMILES string of the molecule is C=NOC(C(=O)O)c1cccc(NC(=O)NCC(=O)N2[C@@H](c3ccccc3)CC[C@H]2c2ccccc2)c1. The van der Waals surface area contributed by atoms with Gasteiger partial charge in [-0.15, -0.1) is 5.16 Å². The molecule has 3 aromatic carbocycles. The number of anilines is 1. The molecular formula is C28H28N4O5. The van der Waals surface area contributed by atoms with E-state index < -0.39 is 18.1 Å². The molecule has 1 aliphatic heterocycles. The maximum absolute atomic E-state index is 13.4. The fraction of sp³-hybridized carbons (Fsp3) is 0.214. The third-order valence-electron chi connectivity index (χ3n) is 6.29. The van der Waals surface area contributed by atoms with Crippen LogP contribution in [0.15, 0.2) is 90.1 Å². The number of carbonyl (C=O) groups excluding carboxylic acids is 2. The predicted octanol–water partition coefficient (Wildman–Crippen LogP) is 4.67. The summed E-state index contributed by atoms with van der Waals surface area (Å²) in [5.41, 5.74) is 2.73. The summed E-state index contributed by atoms with van der Waals surface area (Å²) in [7, 11) is 0. The molecule has 1 fully saturated rings. The number of urea groups is 1. The summed E-state index contributed by atoms with van der Waals surface area (Å²) in [6, 6.07) is 25.2. The second-order valence-electron chi connectivity index (χ2n) is 8.62.